The van der Waals surface area contributed by atoms with Crippen LogP contribution in [-0.2, 0) is 11.2 Å². The van der Waals surface area contributed by atoms with Crippen LogP contribution in [0.4, 0.5) is 0 Å². The molecule has 1 rings (SSSR count). The third kappa shape index (κ3) is 4.98. The topological polar surface area (TPSA) is 63.3 Å². The van der Waals surface area contributed by atoms with E-state index in [4.69, 9.17) is 10.8 Å². The van der Waals surface area contributed by atoms with Gasteiger partial charge in [-0.25, -0.2) is 0 Å². The fourth-order valence-electron chi connectivity index (χ4n) is 1.30. The second-order valence-corrected chi connectivity index (χ2v) is 3.38. The van der Waals surface area contributed by atoms with E-state index < -0.39 is 5.97 Å². The lowest BCUT2D eigenvalue weighted by atomic mass is 10.1. The summed E-state index contributed by atoms with van der Waals surface area (Å²) in [5.74, 6) is -0.835. The van der Waals surface area contributed by atoms with Crippen LogP contribution in [0.2, 0.25) is 0 Å². The fourth-order valence-corrected chi connectivity index (χ4v) is 1.30. The van der Waals surface area contributed by atoms with E-state index in [0.717, 1.165) is 12.0 Å². The van der Waals surface area contributed by atoms with Crippen molar-refractivity contribution in [3.63, 3.8) is 0 Å². The first-order valence-corrected chi connectivity index (χ1v) is 4.86. The molecule has 3 N–H and O–H groups in total. The normalized spacial score (nSPS) is 12.9. The first kappa shape index (κ1) is 11.5. The van der Waals surface area contributed by atoms with Gasteiger partial charge in [-0.05, 0) is 12.0 Å². The molecule has 15 heavy (non-hydrogen) atoms. The van der Waals surface area contributed by atoms with Crippen molar-refractivity contribution in [3.8, 4) is 0 Å². The Morgan fingerprint density at radius 3 is 2.67 bits per heavy atom. The molecule has 0 saturated carbocycles. The molecule has 0 radical (unpaired) electrons. The average Bonchev–Trinajstić information content (AvgIpc) is 2.18. The molecule has 0 fully saturated rings. The van der Waals surface area contributed by atoms with Gasteiger partial charge in [0, 0.05) is 6.04 Å². The van der Waals surface area contributed by atoms with Crippen LogP contribution in [0.3, 0.4) is 0 Å². The number of benzene rings is 1. The monoisotopic (exact) mass is 205 g/mol. The van der Waals surface area contributed by atoms with E-state index >= 15 is 0 Å². The zero-order valence-electron chi connectivity index (χ0n) is 8.47. The van der Waals surface area contributed by atoms with Crippen molar-refractivity contribution >= 4 is 5.97 Å². The molecule has 1 aromatic rings. The first-order valence-electron chi connectivity index (χ1n) is 4.86. The van der Waals surface area contributed by atoms with Crippen LogP contribution < -0.4 is 5.73 Å². The van der Waals surface area contributed by atoms with Crippen molar-refractivity contribution in [1.82, 2.24) is 0 Å². The number of aliphatic carboxylic acids is 1. The quantitative estimate of drug-likeness (QED) is 0.717. The molecular weight excluding hydrogens is 190 g/mol. The summed E-state index contributed by atoms with van der Waals surface area (Å²) in [6.45, 7) is 0. The van der Waals surface area contributed by atoms with Crippen LogP contribution in [0.25, 0.3) is 0 Å². The lowest BCUT2D eigenvalue weighted by Gasteiger charge is -2.05. The SMILES string of the molecule is N[C@H](C=CCC(=O)O)Cc1ccccc1. The highest BCUT2D eigenvalue weighted by Crippen LogP contribution is 2.02. The molecule has 1 atom stereocenters. The minimum absolute atomic E-state index is 0.0302. The van der Waals surface area contributed by atoms with Crippen LogP contribution in [-0.4, -0.2) is 17.1 Å². The predicted octanol–water partition coefficient (Wildman–Crippen LogP) is 1.59. The van der Waals surface area contributed by atoms with Crippen LogP contribution in [0.15, 0.2) is 42.5 Å². The number of rotatable bonds is 5. The average molecular weight is 205 g/mol. The van der Waals surface area contributed by atoms with Crippen LogP contribution in [0.1, 0.15) is 12.0 Å². The molecular formula is C12H15NO2. The van der Waals surface area contributed by atoms with Gasteiger partial charge < -0.3 is 10.8 Å². The molecule has 0 aliphatic heterocycles. The molecule has 3 heteroatoms. The first-order chi connectivity index (χ1) is 7.18. The zero-order valence-corrected chi connectivity index (χ0v) is 8.47. The number of hydrogen-bond donors (Lipinski definition) is 2. The minimum Gasteiger partial charge on any atom is -0.481 e. The van der Waals surface area contributed by atoms with E-state index in [9.17, 15) is 4.79 Å². The van der Waals surface area contributed by atoms with Gasteiger partial charge in [-0.1, -0.05) is 42.5 Å². The van der Waals surface area contributed by atoms with E-state index in [0.29, 0.717) is 0 Å². The van der Waals surface area contributed by atoms with Gasteiger partial charge in [-0.3, -0.25) is 4.79 Å². The maximum atomic E-state index is 10.2. The Morgan fingerprint density at radius 1 is 1.40 bits per heavy atom. The Labute approximate surface area is 89.2 Å². The second kappa shape index (κ2) is 5.98. The molecule has 0 heterocycles. The largest absolute Gasteiger partial charge is 0.481 e. The van der Waals surface area contributed by atoms with Gasteiger partial charge in [0.15, 0.2) is 0 Å². The molecule has 0 unspecified atom stereocenters. The highest BCUT2D eigenvalue weighted by molar-refractivity contribution is 5.68. The highest BCUT2D eigenvalue weighted by atomic mass is 16.4. The number of hydrogen-bond acceptors (Lipinski definition) is 2. The van der Waals surface area contributed by atoms with Crippen LogP contribution in [0, 0.1) is 0 Å². The number of carboxylic acids is 1. The Kier molecular flexibility index (Phi) is 4.57. The summed E-state index contributed by atoms with van der Waals surface area (Å²) >= 11 is 0. The van der Waals surface area contributed by atoms with Gasteiger partial charge >= 0.3 is 5.97 Å². The third-order valence-electron chi connectivity index (χ3n) is 1.99. The van der Waals surface area contributed by atoms with Crippen molar-refractivity contribution in [1.29, 1.82) is 0 Å². The predicted molar refractivity (Wildman–Crippen MR) is 59.5 cm³/mol. The van der Waals surface area contributed by atoms with Crippen molar-refractivity contribution in [2.75, 3.05) is 0 Å². The Morgan fingerprint density at radius 2 is 2.07 bits per heavy atom. The van der Waals surface area contributed by atoms with Gasteiger partial charge in [0.25, 0.3) is 0 Å². The molecule has 1 aromatic carbocycles. The van der Waals surface area contributed by atoms with E-state index in [1.807, 2.05) is 30.3 Å². The molecule has 0 bridgehead atoms. The zero-order chi connectivity index (χ0) is 11.1. The fraction of sp³-hybridized carbons (Fsp3) is 0.250. The summed E-state index contributed by atoms with van der Waals surface area (Å²) in [6, 6.07) is 9.77. The molecule has 0 amide bonds. The van der Waals surface area contributed by atoms with Crippen molar-refractivity contribution in [2.24, 2.45) is 5.73 Å². The molecule has 3 nitrogen and oxygen atoms in total. The lowest BCUT2D eigenvalue weighted by molar-refractivity contribution is -0.136. The molecule has 0 aliphatic rings. The number of nitrogens with two attached hydrogens (primary N) is 1. The van der Waals surface area contributed by atoms with Gasteiger partial charge in [-0.15, -0.1) is 0 Å². The minimum atomic E-state index is -0.835. The van der Waals surface area contributed by atoms with Crippen LogP contribution >= 0.6 is 0 Å². The van der Waals surface area contributed by atoms with Crippen molar-refractivity contribution in [3.05, 3.63) is 48.0 Å². The summed E-state index contributed by atoms with van der Waals surface area (Å²) in [4.78, 5) is 10.2. The van der Waals surface area contributed by atoms with Gasteiger partial charge in [0.1, 0.15) is 0 Å². The summed E-state index contributed by atoms with van der Waals surface area (Å²) in [5, 5.41) is 8.42. The maximum absolute atomic E-state index is 10.2. The van der Waals surface area contributed by atoms with Crippen molar-refractivity contribution < 1.29 is 9.90 Å². The molecule has 80 valence electrons. The van der Waals surface area contributed by atoms with Crippen LogP contribution in [0.5, 0.6) is 0 Å². The highest BCUT2D eigenvalue weighted by Gasteiger charge is 1.99. The third-order valence-corrected chi connectivity index (χ3v) is 1.99. The number of carbonyl (C=O) groups is 1. The molecule has 0 aromatic heterocycles. The standard InChI is InChI=1S/C12H15NO2/c13-11(7-4-8-12(14)15)9-10-5-2-1-3-6-10/h1-7,11H,8-9,13H2,(H,14,15)/t11-/m1/s1. The van der Waals surface area contributed by atoms with E-state index in [1.54, 1.807) is 12.2 Å². The maximum Gasteiger partial charge on any atom is 0.307 e. The number of carboxylic acid groups (broad SMARTS) is 1. The van der Waals surface area contributed by atoms with Crippen molar-refractivity contribution in [2.45, 2.75) is 18.9 Å². The summed E-state index contributed by atoms with van der Waals surface area (Å²) in [6.07, 6.45) is 4.09. The van der Waals surface area contributed by atoms with Gasteiger partial charge in [0.05, 0.1) is 6.42 Å². The summed E-state index contributed by atoms with van der Waals surface area (Å²) < 4.78 is 0. The Balaban J connectivity index is 2.39. The molecule has 0 aliphatic carbocycles. The van der Waals surface area contributed by atoms with E-state index in [1.165, 1.54) is 0 Å². The second-order valence-electron chi connectivity index (χ2n) is 3.38. The Bertz CT molecular complexity index is 333. The Hall–Kier alpha value is -1.61. The van der Waals surface area contributed by atoms with Gasteiger partial charge in [0.2, 0.25) is 0 Å². The molecule has 0 spiro atoms. The summed E-state index contributed by atoms with van der Waals surface area (Å²) in [5.41, 5.74) is 6.97. The summed E-state index contributed by atoms with van der Waals surface area (Å²) in [7, 11) is 0. The van der Waals surface area contributed by atoms with E-state index in [2.05, 4.69) is 0 Å². The van der Waals surface area contributed by atoms with Gasteiger partial charge in [-0.2, -0.15) is 0 Å². The lowest BCUT2D eigenvalue weighted by Crippen LogP contribution is -2.19. The molecule has 0 saturated heterocycles. The van der Waals surface area contributed by atoms with E-state index in [-0.39, 0.29) is 12.5 Å². The smallest absolute Gasteiger partial charge is 0.307 e.